The normalized spacial score (nSPS) is 16.1. The highest BCUT2D eigenvalue weighted by atomic mass is 16.5. The second-order valence-electron chi connectivity index (χ2n) is 4.89. The van der Waals surface area contributed by atoms with Crippen molar-refractivity contribution in [1.29, 1.82) is 0 Å². The van der Waals surface area contributed by atoms with Crippen LogP contribution in [0.2, 0.25) is 0 Å². The van der Waals surface area contributed by atoms with Gasteiger partial charge in [-0.1, -0.05) is 0 Å². The van der Waals surface area contributed by atoms with Crippen molar-refractivity contribution in [2.45, 2.75) is 19.3 Å². The smallest absolute Gasteiger partial charge is 0.166 e. The molecule has 1 aromatic carbocycles. The fourth-order valence-electron chi connectivity index (χ4n) is 2.49. The quantitative estimate of drug-likeness (QED) is 0.828. The zero-order valence-electron chi connectivity index (χ0n) is 11.6. The van der Waals surface area contributed by atoms with Crippen molar-refractivity contribution in [2.75, 3.05) is 27.3 Å². The van der Waals surface area contributed by atoms with Crippen LogP contribution in [0.25, 0.3) is 0 Å². The number of carbonyl (C=O) groups is 1. The zero-order chi connectivity index (χ0) is 13.7. The monoisotopic (exact) mass is 263 g/mol. The summed E-state index contributed by atoms with van der Waals surface area (Å²) in [5.74, 6) is 1.94. The van der Waals surface area contributed by atoms with Crippen LogP contribution in [-0.4, -0.2) is 33.1 Å². The van der Waals surface area contributed by atoms with Crippen molar-refractivity contribution in [3.63, 3.8) is 0 Å². The molecule has 0 unspecified atom stereocenters. The van der Waals surface area contributed by atoms with E-state index in [1.54, 1.807) is 32.4 Å². The van der Waals surface area contributed by atoms with Gasteiger partial charge in [-0.3, -0.25) is 4.79 Å². The molecule has 1 N–H and O–H groups in total. The number of methoxy groups -OCH3 is 2. The Labute approximate surface area is 114 Å². The highest BCUT2D eigenvalue weighted by Gasteiger charge is 2.20. The van der Waals surface area contributed by atoms with Crippen LogP contribution in [0.5, 0.6) is 11.5 Å². The third-order valence-corrected chi connectivity index (χ3v) is 3.64. The van der Waals surface area contributed by atoms with Gasteiger partial charge in [0.25, 0.3) is 0 Å². The van der Waals surface area contributed by atoms with E-state index in [1.165, 1.54) is 0 Å². The van der Waals surface area contributed by atoms with Crippen LogP contribution in [0, 0.1) is 5.92 Å². The summed E-state index contributed by atoms with van der Waals surface area (Å²) in [6.45, 7) is 2.02. The lowest BCUT2D eigenvalue weighted by Gasteiger charge is -2.22. The van der Waals surface area contributed by atoms with E-state index in [9.17, 15) is 4.79 Å². The Bertz CT molecular complexity index is 439. The number of Topliss-reactive ketones (excluding diaryl/α,β-unsaturated/α-hetero) is 1. The van der Waals surface area contributed by atoms with Gasteiger partial charge in [0.15, 0.2) is 5.78 Å². The fraction of sp³-hybridized carbons (Fsp3) is 0.533. The molecule has 19 heavy (non-hydrogen) atoms. The van der Waals surface area contributed by atoms with Gasteiger partial charge in [0.2, 0.25) is 0 Å². The number of hydrogen-bond donors (Lipinski definition) is 1. The van der Waals surface area contributed by atoms with E-state index in [-0.39, 0.29) is 5.78 Å². The summed E-state index contributed by atoms with van der Waals surface area (Å²) >= 11 is 0. The molecule has 0 amide bonds. The van der Waals surface area contributed by atoms with Gasteiger partial charge in [0.1, 0.15) is 11.5 Å². The number of ether oxygens (including phenoxy) is 2. The minimum absolute atomic E-state index is 0.159. The first-order valence-electron chi connectivity index (χ1n) is 6.70. The molecule has 0 saturated carbocycles. The predicted molar refractivity (Wildman–Crippen MR) is 74.1 cm³/mol. The van der Waals surface area contributed by atoms with Gasteiger partial charge in [-0.25, -0.2) is 0 Å². The van der Waals surface area contributed by atoms with Crippen molar-refractivity contribution >= 4 is 5.78 Å². The first kappa shape index (κ1) is 13.9. The topological polar surface area (TPSA) is 47.6 Å². The molecule has 0 aliphatic carbocycles. The molecule has 1 aliphatic rings. The van der Waals surface area contributed by atoms with E-state index in [0.717, 1.165) is 25.9 Å². The number of hydrogen-bond acceptors (Lipinski definition) is 4. The first-order chi connectivity index (χ1) is 9.24. The van der Waals surface area contributed by atoms with E-state index in [4.69, 9.17) is 9.47 Å². The van der Waals surface area contributed by atoms with E-state index in [2.05, 4.69) is 5.32 Å². The average Bonchev–Trinajstić information content (AvgIpc) is 2.47. The Morgan fingerprint density at radius 2 is 2.00 bits per heavy atom. The number of carbonyl (C=O) groups excluding carboxylic acids is 1. The molecule has 1 fully saturated rings. The van der Waals surface area contributed by atoms with E-state index in [1.807, 2.05) is 0 Å². The molecule has 2 rings (SSSR count). The number of benzene rings is 1. The highest BCUT2D eigenvalue weighted by molar-refractivity contribution is 5.99. The molecule has 0 spiro atoms. The Kier molecular flexibility index (Phi) is 4.80. The van der Waals surface area contributed by atoms with Crippen LogP contribution in [-0.2, 0) is 0 Å². The molecular formula is C15H21NO3. The molecule has 104 valence electrons. The highest BCUT2D eigenvalue weighted by Crippen LogP contribution is 2.27. The standard InChI is InChI=1S/C15H21NO3/c1-18-12-3-4-13(15(10-12)19-2)14(17)9-11-5-7-16-8-6-11/h3-4,10-11,16H,5-9H2,1-2H3. The maximum Gasteiger partial charge on any atom is 0.166 e. The van der Waals surface area contributed by atoms with Gasteiger partial charge < -0.3 is 14.8 Å². The van der Waals surface area contributed by atoms with Crippen molar-refractivity contribution in [1.82, 2.24) is 5.32 Å². The van der Waals surface area contributed by atoms with Gasteiger partial charge in [0, 0.05) is 12.5 Å². The average molecular weight is 263 g/mol. The van der Waals surface area contributed by atoms with E-state index >= 15 is 0 Å². The molecule has 1 aromatic rings. The maximum atomic E-state index is 12.4. The maximum absolute atomic E-state index is 12.4. The minimum Gasteiger partial charge on any atom is -0.497 e. The molecule has 1 heterocycles. The zero-order valence-corrected chi connectivity index (χ0v) is 11.6. The van der Waals surface area contributed by atoms with Crippen LogP contribution in [0.4, 0.5) is 0 Å². The van der Waals surface area contributed by atoms with Crippen LogP contribution < -0.4 is 14.8 Å². The summed E-state index contributed by atoms with van der Waals surface area (Å²) in [5.41, 5.74) is 0.654. The van der Waals surface area contributed by atoms with Gasteiger partial charge in [-0.15, -0.1) is 0 Å². The Morgan fingerprint density at radius 3 is 2.63 bits per heavy atom. The minimum atomic E-state index is 0.159. The van der Waals surface area contributed by atoms with Crippen molar-refractivity contribution in [3.8, 4) is 11.5 Å². The molecule has 0 aromatic heterocycles. The summed E-state index contributed by atoms with van der Waals surface area (Å²) in [4.78, 5) is 12.4. The largest absolute Gasteiger partial charge is 0.497 e. The predicted octanol–water partition coefficient (Wildman–Crippen LogP) is 2.28. The summed E-state index contributed by atoms with van der Waals surface area (Å²) < 4.78 is 10.4. The number of nitrogens with one attached hydrogen (secondary N) is 1. The number of ketones is 1. The third-order valence-electron chi connectivity index (χ3n) is 3.64. The van der Waals surface area contributed by atoms with Crippen LogP contribution in [0.3, 0.4) is 0 Å². The molecular weight excluding hydrogens is 242 g/mol. The van der Waals surface area contributed by atoms with Crippen LogP contribution in [0.15, 0.2) is 18.2 Å². The fourth-order valence-corrected chi connectivity index (χ4v) is 2.49. The lowest BCUT2D eigenvalue weighted by Crippen LogP contribution is -2.28. The Hall–Kier alpha value is -1.55. The Balaban J connectivity index is 2.09. The van der Waals surface area contributed by atoms with Crippen molar-refractivity contribution in [3.05, 3.63) is 23.8 Å². The van der Waals surface area contributed by atoms with Crippen molar-refractivity contribution < 1.29 is 14.3 Å². The summed E-state index contributed by atoms with van der Waals surface area (Å²) in [5, 5.41) is 3.31. The first-order valence-corrected chi connectivity index (χ1v) is 6.70. The van der Waals surface area contributed by atoms with Gasteiger partial charge in [-0.05, 0) is 44.0 Å². The second kappa shape index (κ2) is 6.57. The molecule has 4 heteroatoms. The number of rotatable bonds is 5. The Morgan fingerprint density at radius 1 is 1.26 bits per heavy atom. The van der Waals surface area contributed by atoms with Gasteiger partial charge in [-0.2, -0.15) is 0 Å². The van der Waals surface area contributed by atoms with Crippen LogP contribution in [0.1, 0.15) is 29.6 Å². The third kappa shape index (κ3) is 3.47. The van der Waals surface area contributed by atoms with Crippen molar-refractivity contribution in [2.24, 2.45) is 5.92 Å². The molecule has 0 bridgehead atoms. The second-order valence-corrected chi connectivity index (χ2v) is 4.89. The molecule has 1 saturated heterocycles. The lowest BCUT2D eigenvalue weighted by molar-refractivity contribution is 0.0949. The molecule has 0 radical (unpaired) electrons. The summed E-state index contributed by atoms with van der Waals surface area (Å²) in [7, 11) is 3.18. The number of piperidine rings is 1. The molecule has 1 aliphatic heterocycles. The summed E-state index contributed by atoms with van der Waals surface area (Å²) in [6.07, 6.45) is 2.75. The van der Waals surface area contributed by atoms with Gasteiger partial charge >= 0.3 is 0 Å². The van der Waals surface area contributed by atoms with E-state index in [0.29, 0.717) is 29.4 Å². The molecule has 0 atom stereocenters. The van der Waals surface area contributed by atoms with Gasteiger partial charge in [0.05, 0.1) is 19.8 Å². The summed E-state index contributed by atoms with van der Waals surface area (Å²) in [6, 6.07) is 5.36. The molecule has 4 nitrogen and oxygen atoms in total. The SMILES string of the molecule is COc1ccc(C(=O)CC2CCNCC2)c(OC)c1. The lowest BCUT2D eigenvalue weighted by atomic mass is 9.90. The van der Waals surface area contributed by atoms with E-state index < -0.39 is 0 Å². The van der Waals surface area contributed by atoms with Crippen LogP contribution >= 0.6 is 0 Å².